The third-order valence-electron chi connectivity index (χ3n) is 4.56. The van der Waals surface area contributed by atoms with Crippen LogP contribution in [0.3, 0.4) is 0 Å². The Kier molecular flexibility index (Phi) is 4.62. The highest BCUT2D eigenvalue weighted by Gasteiger charge is 2.42. The summed E-state index contributed by atoms with van der Waals surface area (Å²) >= 11 is 0. The average Bonchev–Trinajstić information content (AvgIpc) is 2.89. The molecule has 18 heavy (non-hydrogen) atoms. The van der Waals surface area contributed by atoms with E-state index >= 15 is 0 Å². The molecule has 2 heterocycles. The Morgan fingerprint density at radius 3 is 2.67 bits per heavy atom. The first kappa shape index (κ1) is 13.8. The zero-order valence-electron chi connectivity index (χ0n) is 11.7. The van der Waals surface area contributed by atoms with Gasteiger partial charge < -0.3 is 15.0 Å². The molecule has 2 rings (SSSR count). The lowest BCUT2D eigenvalue weighted by Crippen LogP contribution is -2.56. The van der Waals surface area contributed by atoms with Crippen LogP contribution < -0.4 is 5.32 Å². The quantitative estimate of drug-likeness (QED) is 0.824. The van der Waals surface area contributed by atoms with E-state index in [1.165, 1.54) is 0 Å². The molecule has 0 aromatic heterocycles. The third-order valence-corrected chi connectivity index (χ3v) is 4.56. The second-order valence-electron chi connectivity index (χ2n) is 5.66. The Hall–Kier alpha value is -0.610. The maximum atomic E-state index is 12.7. The molecule has 2 saturated heterocycles. The molecule has 2 aliphatic heterocycles. The lowest BCUT2D eigenvalue weighted by atomic mass is 9.90. The van der Waals surface area contributed by atoms with E-state index in [2.05, 4.69) is 17.1 Å². The molecule has 0 aromatic carbocycles. The van der Waals surface area contributed by atoms with Gasteiger partial charge in [-0.05, 0) is 44.6 Å². The van der Waals surface area contributed by atoms with Gasteiger partial charge in [-0.15, -0.1) is 0 Å². The van der Waals surface area contributed by atoms with Crippen molar-refractivity contribution in [1.29, 1.82) is 0 Å². The van der Waals surface area contributed by atoms with Gasteiger partial charge in [-0.2, -0.15) is 0 Å². The predicted molar refractivity (Wildman–Crippen MR) is 71.4 cm³/mol. The lowest BCUT2D eigenvalue weighted by Gasteiger charge is -2.38. The first-order valence-corrected chi connectivity index (χ1v) is 7.25. The minimum atomic E-state index is -0.256. The van der Waals surface area contributed by atoms with E-state index < -0.39 is 0 Å². The van der Waals surface area contributed by atoms with E-state index in [0.717, 1.165) is 58.3 Å². The van der Waals surface area contributed by atoms with E-state index in [1.807, 2.05) is 0 Å². The molecule has 2 fully saturated rings. The summed E-state index contributed by atoms with van der Waals surface area (Å²) in [6.07, 6.45) is 5.20. The van der Waals surface area contributed by atoms with E-state index in [-0.39, 0.29) is 5.54 Å². The first-order valence-electron chi connectivity index (χ1n) is 7.25. The number of likely N-dealkylation sites (tertiary alicyclic amines) is 1. The van der Waals surface area contributed by atoms with E-state index in [1.54, 1.807) is 7.11 Å². The van der Waals surface area contributed by atoms with Crippen molar-refractivity contribution in [3.63, 3.8) is 0 Å². The Balaban J connectivity index is 1.90. The van der Waals surface area contributed by atoms with Gasteiger partial charge in [0.25, 0.3) is 0 Å². The molecule has 2 aliphatic rings. The SMILES string of the molecule is CCC1(C(=O)N2CCC(COC)CC2)CCCN1. The van der Waals surface area contributed by atoms with Gasteiger partial charge in [-0.1, -0.05) is 6.92 Å². The summed E-state index contributed by atoms with van der Waals surface area (Å²) in [5.41, 5.74) is -0.256. The Bertz CT molecular complexity index is 280. The van der Waals surface area contributed by atoms with Crippen LogP contribution in [0.1, 0.15) is 39.0 Å². The van der Waals surface area contributed by atoms with Crippen LogP contribution in [0.15, 0.2) is 0 Å². The summed E-state index contributed by atoms with van der Waals surface area (Å²) in [5, 5.41) is 3.44. The second kappa shape index (κ2) is 6.02. The Morgan fingerprint density at radius 2 is 2.17 bits per heavy atom. The monoisotopic (exact) mass is 254 g/mol. The van der Waals surface area contributed by atoms with Gasteiger partial charge in [0.05, 0.1) is 5.54 Å². The second-order valence-corrected chi connectivity index (χ2v) is 5.66. The predicted octanol–water partition coefficient (Wildman–Crippen LogP) is 1.40. The molecular formula is C14H26N2O2. The molecule has 1 N–H and O–H groups in total. The number of nitrogens with one attached hydrogen (secondary N) is 1. The number of ether oxygens (including phenoxy) is 1. The van der Waals surface area contributed by atoms with Crippen LogP contribution in [-0.2, 0) is 9.53 Å². The van der Waals surface area contributed by atoms with Gasteiger partial charge in [0, 0.05) is 26.8 Å². The van der Waals surface area contributed by atoms with Crippen LogP contribution in [0.25, 0.3) is 0 Å². The average molecular weight is 254 g/mol. The molecule has 0 radical (unpaired) electrons. The fourth-order valence-corrected chi connectivity index (χ4v) is 3.28. The van der Waals surface area contributed by atoms with Crippen molar-refractivity contribution < 1.29 is 9.53 Å². The number of hydrogen-bond donors (Lipinski definition) is 1. The fraction of sp³-hybridized carbons (Fsp3) is 0.929. The van der Waals surface area contributed by atoms with E-state index in [0.29, 0.717) is 11.8 Å². The van der Waals surface area contributed by atoms with Gasteiger partial charge in [0.1, 0.15) is 0 Å². The van der Waals surface area contributed by atoms with Crippen molar-refractivity contribution in [2.24, 2.45) is 5.92 Å². The number of methoxy groups -OCH3 is 1. The van der Waals surface area contributed by atoms with E-state index in [4.69, 9.17) is 4.74 Å². The molecule has 0 aliphatic carbocycles. The molecule has 0 saturated carbocycles. The van der Waals surface area contributed by atoms with Crippen LogP contribution in [0.4, 0.5) is 0 Å². The highest BCUT2D eigenvalue weighted by atomic mass is 16.5. The number of carbonyl (C=O) groups excluding carboxylic acids is 1. The minimum Gasteiger partial charge on any atom is -0.384 e. The van der Waals surface area contributed by atoms with E-state index in [9.17, 15) is 4.79 Å². The fourth-order valence-electron chi connectivity index (χ4n) is 3.28. The van der Waals surface area contributed by atoms with Gasteiger partial charge in [0.15, 0.2) is 0 Å². The summed E-state index contributed by atoms with van der Waals surface area (Å²) in [6.45, 7) is 5.74. The lowest BCUT2D eigenvalue weighted by molar-refractivity contribution is -0.139. The highest BCUT2D eigenvalue weighted by molar-refractivity contribution is 5.86. The third kappa shape index (κ3) is 2.69. The van der Waals surface area contributed by atoms with Crippen molar-refractivity contribution in [2.45, 2.75) is 44.6 Å². The van der Waals surface area contributed by atoms with Crippen molar-refractivity contribution in [3.8, 4) is 0 Å². The largest absolute Gasteiger partial charge is 0.384 e. The van der Waals surface area contributed by atoms with Crippen LogP contribution in [0, 0.1) is 5.92 Å². The van der Waals surface area contributed by atoms with Crippen LogP contribution in [0.5, 0.6) is 0 Å². The molecule has 4 nitrogen and oxygen atoms in total. The van der Waals surface area contributed by atoms with Gasteiger partial charge in [-0.3, -0.25) is 4.79 Å². The molecular weight excluding hydrogens is 228 g/mol. The number of rotatable bonds is 4. The van der Waals surface area contributed by atoms with Gasteiger partial charge >= 0.3 is 0 Å². The van der Waals surface area contributed by atoms with Crippen molar-refractivity contribution in [1.82, 2.24) is 10.2 Å². The molecule has 0 aromatic rings. The number of amides is 1. The number of piperidine rings is 1. The Labute approximate surface area is 110 Å². The summed E-state index contributed by atoms with van der Waals surface area (Å²) in [6, 6.07) is 0. The molecule has 1 unspecified atom stereocenters. The molecule has 0 spiro atoms. The molecule has 4 heteroatoms. The summed E-state index contributed by atoms with van der Waals surface area (Å²) in [4.78, 5) is 14.7. The molecule has 1 atom stereocenters. The molecule has 1 amide bonds. The summed E-state index contributed by atoms with van der Waals surface area (Å²) in [7, 11) is 1.76. The summed E-state index contributed by atoms with van der Waals surface area (Å²) in [5.74, 6) is 0.964. The topological polar surface area (TPSA) is 41.6 Å². The van der Waals surface area contributed by atoms with Crippen LogP contribution in [-0.4, -0.2) is 49.7 Å². The number of hydrogen-bond acceptors (Lipinski definition) is 3. The van der Waals surface area contributed by atoms with Crippen molar-refractivity contribution >= 4 is 5.91 Å². The maximum Gasteiger partial charge on any atom is 0.242 e. The minimum absolute atomic E-state index is 0.256. The van der Waals surface area contributed by atoms with Gasteiger partial charge in [-0.25, -0.2) is 0 Å². The Morgan fingerprint density at radius 1 is 1.44 bits per heavy atom. The smallest absolute Gasteiger partial charge is 0.242 e. The van der Waals surface area contributed by atoms with Crippen LogP contribution >= 0.6 is 0 Å². The molecule has 104 valence electrons. The molecule has 0 bridgehead atoms. The van der Waals surface area contributed by atoms with Crippen molar-refractivity contribution in [2.75, 3.05) is 33.4 Å². The standard InChI is InChI=1S/C14H26N2O2/c1-3-14(7-4-8-15-14)13(17)16-9-5-12(6-10-16)11-18-2/h12,15H,3-11H2,1-2H3. The van der Waals surface area contributed by atoms with Gasteiger partial charge in [0.2, 0.25) is 5.91 Å². The van der Waals surface area contributed by atoms with Crippen LogP contribution in [0.2, 0.25) is 0 Å². The zero-order valence-corrected chi connectivity index (χ0v) is 11.7. The number of nitrogens with zero attached hydrogens (tertiary/aromatic N) is 1. The zero-order chi connectivity index (χ0) is 13.0. The van der Waals surface area contributed by atoms with Crippen molar-refractivity contribution in [3.05, 3.63) is 0 Å². The number of carbonyl (C=O) groups is 1. The highest BCUT2D eigenvalue weighted by Crippen LogP contribution is 2.28. The normalized spacial score (nSPS) is 29.8. The maximum absolute atomic E-state index is 12.7. The first-order chi connectivity index (χ1) is 8.72. The summed E-state index contributed by atoms with van der Waals surface area (Å²) < 4.78 is 5.20.